The van der Waals surface area contributed by atoms with Crippen LogP contribution in [0.3, 0.4) is 0 Å². The Hall–Kier alpha value is -1.80. The summed E-state index contributed by atoms with van der Waals surface area (Å²) in [4.78, 5) is 2.19. The molecule has 8 heteroatoms. The average Bonchev–Trinajstić information content (AvgIpc) is 2.98. The highest BCUT2D eigenvalue weighted by molar-refractivity contribution is 7.99. The summed E-state index contributed by atoms with van der Waals surface area (Å²) in [5.74, 6) is 2.21. The van der Waals surface area contributed by atoms with Gasteiger partial charge in [0, 0.05) is 25.9 Å². The fraction of sp³-hybridized carbons (Fsp3) is 0.500. The van der Waals surface area contributed by atoms with E-state index in [-0.39, 0.29) is 5.82 Å². The number of ether oxygens (including phenoxy) is 2. The summed E-state index contributed by atoms with van der Waals surface area (Å²) in [7, 11) is 1.99. The molecule has 1 saturated heterocycles. The van der Waals surface area contributed by atoms with Crippen molar-refractivity contribution >= 4 is 17.7 Å². The summed E-state index contributed by atoms with van der Waals surface area (Å²) in [6.07, 6.45) is 0.877. The van der Waals surface area contributed by atoms with E-state index in [1.807, 2.05) is 11.6 Å². The van der Waals surface area contributed by atoms with Crippen LogP contribution < -0.4 is 9.64 Å². The third kappa shape index (κ3) is 4.39. The summed E-state index contributed by atoms with van der Waals surface area (Å²) in [6, 6.07) is 6.08. The fourth-order valence-electron chi connectivity index (χ4n) is 2.41. The van der Waals surface area contributed by atoms with Crippen LogP contribution in [0.25, 0.3) is 0 Å². The molecule has 1 aromatic heterocycles. The lowest BCUT2D eigenvalue weighted by atomic mass is 10.3. The maximum Gasteiger partial charge on any atom is 0.227 e. The minimum atomic E-state index is -0.253. The molecule has 24 heavy (non-hydrogen) atoms. The molecule has 1 aromatic carbocycles. The van der Waals surface area contributed by atoms with Crippen LogP contribution in [0.2, 0.25) is 0 Å². The van der Waals surface area contributed by atoms with Gasteiger partial charge in [0.2, 0.25) is 5.95 Å². The van der Waals surface area contributed by atoms with Crippen molar-refractivity contribution in [2.45, 2.75) is 11.6 Å². The van der Waals surface area contributed by atoms with Crippen molar-refractivity contribution in [1.29, 1.82) is 0 Å². The van der Waals surface area contributed by atoms with Crippen molar-refractivity contribution in [1.82, 2.24) is 14.8 Å². The van der Waals surface area contributed by atoms with Crippen LogP contribution in [0.4, 0.5) is 10.3 Å². The molecule has 0 atom stereocenters. The number of anilines is 1. The van der Waals surface area contributed by atoms with Gasteiger partial charge in [0.1, 0.15) is 11.6 Å². The highest BCUT2D eigenvalue weighted by Crippen LogP contribution is 2.21. The van der Waals surface area contributed by atoms with Gasteiger partial charge in [0.05, 0.1) is 19.8 Å². The minimum absolute atomic E-state index is 0.253. The van der Waals surface area contributed by atoms with Crippen molar-refractivity contribution in [3.63, 3.8) is 0 Å². The van der Waals surface area contributed by atoms with Gasteiger partial charge in [0.25, 0.3) is 0 Å². The van der Waals surface area contributed by atoms with Crippen molar-refractivity contribution < 1.29 is 13.9 Å². The molecule has 0 aliphatic carbocycles. The van der Waals surface area contributed by atoms with Crippen LogP contribution in [0.1, 0.15) is 6.42 Å². The van der Waals surface area contributed by atoms with Crippen molar-refractivity contribution in [2.75, 3.05) is 43.6 Å². The lowest BCUT2D eigenvalue weighted by Gasteiger charge is -2.27. The normalized spacial score (nSPS) is 14.8. The molecule has 1 aliphatic heterocycles. The minimum Gasteiger partial charge on any atom is -0.494 e. The quantitative estimate of drug-likeness (QED) is 0.563. The second-order valence-corrected chi connectivity index (χ2v) is 6.51. The number of morpholine rings is 1. The van der Waals surface area contributed by atoms with Gasteiger partial charge in [-0.3, -0.25) is 4.57 Å². The Labute approximate surface area is 145 Å². The van der Waals surface area contributed by atoms with Gasteiger partial charge in [-0.2, -0.15) is 0 Å². The first-order valence-electron chi connectivity index (χ1n) is 7.97. The van der Waals surface area contributed by atoms with Crippen LogP contribution in [0.15, 0.2) is 29.4 Å². The van der Waals surface area contributed by atoms with Crippen molar-refractivity contribution in [3.05, 3.63) is 30.1 Å². The number of halogens is 1. The van der Waals surface area contributed by atoms with Crippen LogP contribution >= 0.6 is 11.8 Å². The van der Waals surface area contributed by atoms with Crippen LogP contribution in [-0.4, -0.2) is 53.4 Å². The van der Waals surface area contributed by atoms with Gasteiger partial charge >= 0.3 is 0 Å². The monoisotopic (exact) mass is 352 g/mol. The topological polar surface area (TPSA) is 52.4 Å². The molecular formula is C16H21FN4O2S. The van der Waals surface area contributed by atoms with Gasteiger partial charge in [-0.15, -0.1) is 10.2 Å². The van der Waals surface area contributed by atoms with E-state index >= 15 is 0 Å². The largest absolute Gasteiger partial charge is 0.494 e. The second kappa shape index (κ2) is 8.34. The molecule has 6 nitrogen and oxygen atoms in total. The Morgan fingerprint density at radius 3 is 2.71 bits per heavy atom. The van der Waals surface area contributed by atoms with Crippen LogP contribution in [0.5, 0.6) is 5.75 Å². The van der Waals surface area contributed by atoms with E-state index in [9.17, 15) is 4.39 Å². The zero-order valence-electron chi connectivity index (χ0n) is 13.7. The number of thioether (sulfide) groups is 1. The Bertz CT molecular complexity index is 644. The molecule has 0 unspecified atom stereocenters. The Morgan fingerprint density at radius 1 is 1.21 bits per heavy atom. The molecule has 0 N–H and O–H groups in total. The smallest absolute Gasteiger partial charge is 0.227 e. The van der Waals surface area contributed by atoms with Gasteiger partial charge < -0.3 is 14.4 Å². The predicted molar refractivity (Wildman–Crippen MR) is 91.3 cm³/mol. The molecule has 0 spiro atoms. The lowest BCUT2D eigenvalue weighted by Crippen LogP contribution is -2.37. The summed E-state index contributed by atoms with van der Waals surface area (Å²) in [6.45, 7) is 3.75. The first kappa shape index (κ1) is 17.0. The molecule has 1 fully saturated rings. The fourth-order valence-corrected chi connectivity index (χ4v) is 3.23. The number of hydrogen-bond donors (Lipinski definition) is 0. The van der Waals surface area contributed by atoms with E-state index in [1.165, 1.54) is 12.1 Å². The number of nitrogens with zero attached hydrogens (tertiary/aromatic N) is 4. The average molecular weight is 352 g/mol. The van der Waals surface area contributed by atoms with Gasteiger partial charge in [-0.05, 0) is 30.7 Å². The summed E-state index contributed by atoms with van der Waals surface area (Å²) < 4.78 is 25.8. The van der Waals surface area contributed by atoms with Crippen LogP contribution in [0, 0.1) is 5.82 Å². The van der Waals surface area contributed by atoms with Gasteiger partial charge in [-0.25, -0.2) is 4.39 Å². The van der Waals surface area contributed by atoms with E-state index in [1.54, 1.807) is 23.9 Å². The van der Waals surface area contributed by atoms with E-state index in [0.717, 1.165) is 49.6 Å². The molecule has 2 aromatic rings. The Morgan fingerprint density at radius 2 is 1.96 bits per heavy atom. The number of hydrogen-bond acceptors (Lipinski definition) is 6. The molecule has 2 heterocycles. The zero-order chi connectivity index (χ0) is 16.8. The lowest BCUT2D eigenvalue weighted by molar-refractivity contribution is 0.121. The maximum atomic E-state index is 12.8. The van der Waals surface area contributed by atoms with E-state index in [4.69, 9.17) is 9.47 Å². The molecule has 0 bridgehead atoms. The number of benzene rings is 1. The highest BCUT2D eigenvalue weighted by atomic mass is 32.2. The number of aromatic nitrogens is 3. The predicted octanol–water partition coefficient (Wildman–Crippen LogP) is 2.35. The Balaban J connectivity index is 1.42. The van der Waals surface area contributed by atoms with E-state index in [2.05, 4.69) is 15.1 Å². The Kier molecular flexibility index (Phi) is 5.92. The molecule has 0 radical (unpaired) electrons. The van der Waals surface area contributed by atoms with Gasteiger partial charge in [-0.1, -0.05) is 11.8 Å². The maximum absolute atomic E-state index is 12.8. The molecule has 0 saturated carbocycles. The highest BCUT2D eigenvalue weighted by Gasteiger charge is 2.18. The summed E-state index contributed by atoms with van der Waals surface area (Å²) >= 11 is 1.66. The molecule has 1 aliphatic rings. The van der Waals surface area contributed by atoms with E-state index in [0.29, 0.717) is 12.4 Å². The molecule has 3 rings (SSSR count). The molecule has 130 valence electrons. The SMILES string of the molecule is Cn1c(SCCCOc2ccc(F)cc2)nnc1N1CCOCC1. The van der Waals surface area contributed by atoms with Crippen LogP contribution in [-0.2, 0) is 11.8 Å². The third-order valence-corrected chi connectivity index (χ3v) is 4.81. The second-order valence-electron chi connectivity index (χ2n) is 5.45. The third-order valence-electron chi connectivity index (χ3n) is 3.71. The first-order valence-corrected chi connectivity index (χ1v) is 8.96. The number of rotatable bonds is 7. The zero-order valence-corrected chi connectivity index (χ0v) is 14.5. The standard InChI is InChI=1S/C16H21FN4O2S/c1-20-15(21-7-10-22-11-8-21)18-19-16(20)24-12-2-9-23-14-5-3-13(17)4-6-14/h3-6H,2,7-12H2,1H3. The van der Waals surface area contributed by atoms with Crippen molar-refractivity contribution in [3.8, 4) is 5.75 Å². The molecule has 0 amide bonds. The summed E-state index contributed by atoms with van der Waals surface area (Å²) in [5.41, 5.74) is 0. The molecular weight excluding hydrogens is 331 g/mol. The summed E-state index contributed by atoms with van der Waals surface area (Å²) in [5, 5.41) is 9.46. The van der Waals surface area contributed by atoms with Crippen molar-refractivity contribution in [2.24, 2.45) is 7.05 Å². The first-order chi connectivity index (χ1) is 11.7. The van der Waals surface area contributed by atoms with Gasteiger partial charge in [0.15, 0.2) is 5.16 Å². The van der Waals surface area contributed by atoms with E-state index < -0.39 is 0 Å².